The molecular formula is C10H13ClFNO. The minimum atomic E-state index is -0.400. The summed E-state index contributed by atoms with van der Waals surface area (Å²) in [4.78, 5) is 0. The Hall–Kier alpha value is -0.800. The van der Waals surface area contributed by atoms with Crippen molar-refractivity contribution in [2.24, 2.45) is 0 Å². The highest BCUT2D eigenvalue weighted by Crippen LogP contribution is 2.18. The minimum absolute atomic E-state index is 0.146. The van der Waals surface area contributed by atoms with Crippen LogP contribution in [0.5, 0.6) is 0 Å². The van der Waals surface area contributed by atoms with E-state index in [4.69, 9.17) is 16.3 Å². The Morgan fingerprint density at radius 3 is 2.93 bits per heavy atom. The van der Waals surface area contributed by atoms with Gasteiger partial charge in [-0.15, -0.1) is 0 Å². The van der Waals surface area contributed by atoms with Gasteiger partial charge in [-0.2, -0.15) is 0 Å². The summed E-state index contributed by atoms with van der Waals surface area (Å²) in [7, 11) is 1.65. The van der Waals surface area contributed by atoms with Gasteiger partial charge in [0.15, 0.2) is 0 Å². The fraction of sp³-hybridized carbons (Fsp3) is 0.400. The molecular weight excluding hydrogens is 205 g/mol. The highest BCUT2D eigenvalue weighted by atomic mass is 35.5. The first-order chi connectivity index (χ1) is 6.74. The number of rotatable bonds is 5. The van der Waals surface area contributed by atoms with Gasteiger partial charge in [-0.3, -0.25) is 0 Å². The van der Waals surface area contributed by atoms with Crippen molar-refractivity contribution < 1.29 is 9.13 Å². The van der Waals surface area contributed by atoms with Gasteiger partial charge in [0.25, 0.3) is 0 Å². The van der Waals surface area contributed by atoms with Gasteiger partial charge in [-0.05, 0) is 24.6 Å². The molecule has 0 saturated carbocycles. The van der Waals surface area contributed by atoms with Crippen LogP contribution in [0.1, 0.15) is 6.42 Å². The van der Waals surface area contributed by atoms with Crippen LogP contribution in [0.3, 0.4) is 0 Å². The van der Waals surface area contributed by atoms with E-state index in [2.05, 4.69) is 5.32 Å². The van der Waals surface area contributed by atoms with Gasteiger partial charge in [-0.25, -0.2) is 4.39 Å². The highest BCUT2D eigenvalue weighted by Gasteiger charge is 1.99. The van der Waals surface area contributed by atoms with Crippen LogP contribution in [-0.4, -0.2) is 20.3 Å². The quantitative estimate of drug-likeness (QED) is 0.766. The van der Waals surface area contributed by atoms with Gasteiger partial charge in [0.05, 0.1) is 5.02 Å². The first-order valence-electron chi connectivity index (χ1n) is 4.42. The first-order valence-corrected chi connectivity index (χ1v) is 4.79. The minimum Gasteiger partial charge on any atom is -0.385 e. The van der Waals surface area contributed by atoms with Crippen molar-refractivity contribution in [3.05, 3.63) is 29.0 Å². The molecule has 1 aromatic rings. The number of hydrogen-bond donors (Lipinski definition) is 1. The second kappa shape index (κ2) is 5.83. The molecule has 4 heteroatoms. The summed E-state index contributed by atoms with van der Waals surface area (Å²) < 4.78 is 17.8. The van der Waals surface area contributed by atoms with E-state index in [0.29, 0.717) is 6.61 Å². The third-order valence-electron chi connectivity index (χ3n) is 1.77. The van der Waals surface area contributed by atoms with E-state index < -0.39 is 5.82 Å². The van der Waals surface area contributed by atoms with Crippen LogP contribution < -0.4 is 5.32 Å². The Morgan fingerprint density at radius 2 is 2.29 bits per heavy atom. The molecule has 0 bridgehead atoms. The molecule has 0 unspecified atom stereocenters. The van der Waals surface area contributed by atoms with Crippen LogP contribution in [0, 0.1) is 5.82 Å². The molecule has 0 aliphatic rings. The van der Waals surface area contributed by atoms with Crippen LogP contribution >= 0.6 is 11.6 Å². The zero-order valence-electron chi connectivity index (χ0n) is 8.02. The lowest BCUT2D eigenvalue weighted by molar-refractivity contribution is 0.198. The second-order valence-electron chi connectivity index (χ2n) is 2.90. The molecule has 78 valence electrons. The monoisotopic (exact) mass is 217 g/mol. The van der Waals surface area contributed by atoms with Crippen molar-refractivity contribution in [2.75, 3.05) is 25.6 Å². The zero-order valence-corrected chi connectivity index (χ0v) is 8.77. The van der Waals surface area contributed by atoms with Crippen LogP contribution in [0.15, 0.2) is 18.2 Å². The maximum Gasteiger partial charge on any atom is 0.143 e. The van der Waals surface area contributed by atoms with Gasteiger partial charge in [-0.1, -0.05) is 11.6 Å². The van der Waals surface area contributed by atoms with E-state index in [1.165, 1.54) is 12.1 Å². The van der Waals surface area contributed by atoms with Crippen LogP contribution in [-0.2, 0) is 4.74 Å². The summed E-state index contributed by atoms with van der Waals surface area (Å²) in [5.41, 5.74) is 0.739. The summed E-state index contributed by atoms with van der Waals surface area (Å²) in [6, 6.07) is 4.67. The zero-order chi connectivity index (χ0) is 10.4. The summed E-state index contributed by atoms with van der Waals surface area (Å²) >= 11 is 5.54. The van der Waals surface area contributed by atoms with Crippen molar-refractivity contribution in [3.63, 3.8) is 0 Å². The summed E-state index contributed by atoms with van der Waals surface area (Å²) in [6.45, 7) is 1.46. The molecule has 0 amide bonds. The number of hydrogen-bond acceptors (Lipinski definition) is 2. The molecule has 0 atom stereocenters. The third-order valence-corrected chi connectivity index (χ3v) is 2.08. The van der Waals surface area contributed by atoms with E-state index in [1.807, 2.05) is 0 Å². The molecule has 0 heterocycles. The molecule has 0 radical (unpaired) electrons. The predicted molar refractivity (Wildman–Crippen MR) is 56.4 cm³/mol. The molecule has 1 aromatic carbocycles. The average Bonchev–Trinajstić information content (AvgIpc) is 2.18. The average molecular weight is 218 g/mol. The van der Waals surface area contributed by atoms with Crippen LogP contribution in [0.25, 0.3) is 0 Å². The largest absolute Gasteiger partial charge is 0.385 e. The number of halogens is 2. The molecule has 0 saturated heterocycles. The molecule has 14 heavy (non-hydrogen) atoms. The van der Waals surface area contributed by atoms with Crippen molar-refractivity contribution in [1.82, 2.24) is 0 Å². The van der Waals surface area contributed by atoms with Crippen LogP contribution in [0.2, 0.25) is 5.02 Å². The number of ether oxygens (including phenoxy) is 1. The normalized spacial score (nSPS) is 10.2. The Balaban J connectivity index is 2.39. The highest BCUT2D eigenvalue weighted by molar-refractivity contribution is 6.30. The van der Waals surface area contributed by atoms with Crippen molar-refractivity contribution in [3.8, 4) is 0 Å². The lowest BCUT2D eigenvalue weighted by Gasteiger charge is -2.06. The summed E-state index contributed by atoms with van der Waals surface area (Å²) in [6.07, 6.45) is 0.890. The van der Waals surface area contributed by atoms with Crippen molar-refractivity contribution in [2.45, 2.75) is 6.42 Å². The standard InChI is InChI=1S/C10H13ClFNO/c1-14-6-2-5-13-8-3-4-9(11)10(12)7-8/h3-4,7,13H,2,5-6H2,1H3. The molecule has 0 aromatic heterocycles. The van der Waals surface area contributed by atoms with Crippen LogP contribution in [0.4, 0.5) is 10.1 Å². The fourth-order valence-corrected chi connectivity index (χ4v) is 1.17. The maximum absolute atomic E-state index is 13.0. The molecule has 0 spiro atoms. The van der Waals surface area contributed by atoms with Crippen molar-refractivity contribution in [1.29, 1.82) is 0 Å². The Bertz CT molecular complexity index is 293. The van der Waals surface area contributed by atoms with E-state index in [0.717, 1.165) is 18.7 Å². The molecule has 0 aliphatic carbocycles. The molecule has 0 fully saturated rings. The first kappa shape index (κ1) is 11.3. The molecule has 1 rings (SSSR count). The van der Waals surface area contributed by atoms with Gasteiger partial charge < -0.3 is 10.1 Å². The van der Waals surface area contributed by atoms with E-state index >= 15 is 0 Å². The summed E-state index contributed by atoms with van der Waals surface area (Å²) in [5, 5.41) is 3.21. The molecule has 2 nitrogen and oxygen atoms in total. The number of methoxy groups -OCH3 is 1. The van der Waals surface area contributed by atoms with E-state index in [-0.39, 0.29) is 5.02 Å². The Morgan fingerprint density at radius 1 is 1.50 bits per heavy atom. The topological polar surface area (TPSA) is 21.3 Å². The molecule has 1 N–H and O–H groups in total. The lowest BCUT2D eigenvalue weighted by atomic mass is 10.3. The Kier molecular flexibility index (Phi) is 4.70. The van der Waals surface area contributed by atoms with Gasteiger partial charge in [0, 0.05) is 25.9 Å². The number of anilines is 1. The fourth-order valence-electron chi connectivity index (χ4n) is 1.06. The second-order valence-corrected chi connectivity index (χ2v) is 3.31. The number of nitrogens with one attached hydrogen (secondary N) is 1. The molecule has 0 aliphatic heterocycles. The van der Waals surface area contributed by atoms with Gasteiger partial charge in [0.1, 0.15) is 5.82 Å². The Labute approximate surface area is 88.0 Å². The lowest BCUT2D eigenvalue weighted by Crippen LogP contribution is -2.04. The third kappa shape index (κ3) is 3.52. The maximum atomic E-state index is 13.0. The SMILES string of the molecule is COCCCNc1ccc(Cl)c(F)c1. The van der Waals surface area contributed by atoms with E-state index in [1.54, 1.807) is 13.2 Å². The smallest absolute Gasteiger partial charge is 0.143 e. The summed E-state index contributed by atoms with van der Waals surface area (Å²) in [5.74, 6) is -0.400. The predicted octanol–water partition coefficient (Wildman–Crippen LogP) is 2.93. The van der Waals surface area contributed by atoms with Gasteiger partial charge in [0.2, 0.25) is 0 Å². The van der Waals surface area contributed by atoms with E-state index in [9.17, 15) is 4.39 Å². The van der Waals surface area contributed by atoms with Gasteiger partial charge >= 0.3 is 0 Å². The van der Waals surface area contributed by atoms with Crippen molar-refractivity contribution >= 4 is 17.3 Å². The number of benzene rings is 1.